The van der Waals surface area contributed by atoms with Crippen molar-refractivity contribution in [1.82, 2.24) is 9.97 Å². The highest BCUT2D eigenvalue weighted by atomic mass is 16.6. The van der Waals surface area contributed by atoms with Crippen LogP contribution in [0.2, 0.25) is 0 Å². The van der Waals surface area contributed by atoms with Crippen molar-refractivity contribution in [3.8, 4) is 17.1 Å². The number of H-pyrrole nitrogens is 1. The minimum absolute atomic E-state index is 0.0297. The Morgan fingerprint density at radius 1 is 0.964 bits per heavy atom. The van der Waals surface area contributed by atoms with Gasteiger partial charge >= 0.3 is 0 Å². The largest absolute Gasteiger partial charge is 0.488 e. The van der Waals surface area contributed by atoms with E-state index in [1.807, 2.05) is 24.3 Å². The van der Waals surface area contributed by atoms with Crippen LogP contribution in [0.25, 0.3) is 22.3 Å². The highest BCUT2D eigenvalue weighted by Crippen LogP contribution is 2.28. The van der Waals surface area contributed by atoms with Crippen molar-refractivity contribution in [2.75, 3.05) is 0 Å². The molecule has 0 unspecified atom stereocenters. The van der Waals surface area contributed by atoms with Crippen LogP contribution in [0.5, 0.6) is 5.75 Å². The molecule has 0 aliphatic heterocycles. The maximum atomic E-state index is 12.4. The second-order valence-corrected chi connectivity index (χ2v) is 6.14. The zero-order chi connectivity index (χ0) is 19.5. The summed E-state index contributed by atoms with van der Waals surface area (Å²) < 4.78 is 5.90. The summed E-state index contributed by atoms with van der Waals surface area (Å²) in [5.74, 6) is 0.974. The number of ether oxygens (including phenoxy) is 1. The molecule has 4 aromatic rings. The van der Waals surface area contributed by atoms with E-state index in [2.05, 4.69) is 9.97 Å². The van der Waals surface area contributed by atoms with Crippen LogP contribution in [0.15, 0.2) is 77.6 Å². The molecule has 4 rings (SSSR count). The molecule has 0 aliphatic rings. The number of hydrogen-bond donors (Lipinski definition) is 1. The highest BCUT2D eigenvalue weighted by molar-refractivity contribution is 5.80. The predicted octanol–water partition coefficient (Wildman–Crippen LogP) is 4.08. The van der Waals surface area contributed by atoms with Crippen molar-refractivity contribution in [2.24, 2.45) is 0 Å². The molecule has 7 heteroatoms. The fourth-order valence-electron chi connectivity index (χ4n) is 2.88. The number of para-hydroxylation sites is 2. The lowest BCUT2D eigenvalue weighted by Gasteiger charge is -2.11. The molecule has 0 amide bonds. The third-order valence-corrected chi connectivity index (χ3v) is 4.30. The molecule has 0 spiro atoms. The molecule has 28 heavy (non-hydrogen) atoms. The van der Waals surface area contributed by atoms with Gasteiger partial charge in [0, 0.05) is 12.1 Å². The molecule has 138 valence electrons. The molecule has 1 N–H and O–H groups in total. The molecule has 7 nitrogen and oxygen atoms in total. The van der Waals surface area contributed by atoms with Gasteiger partial charge in [0.05, 0.1) is 21.4 Å². The van der Waals surface area contributed by atoms with Crippen molar-refractivity contribution in [1.29, 1.82) is 0 Å². The molecule has 0 saturated heterocycles. The van der Waals surface area contributed by atoms with Crippen LogP contribution in [-0.2, 0) is 6.61 Å². The van der Waals surface area contributed by atoms with Gasteiger partial charge in [-0.3, -0.25) is 14.9 Å². The normalized spacial score (nSPS) is 10.7. The lowest BCUT2D eigenvalue weighted by molar-refractivity contribution is -0.384. The van der Waals surface area contributed by atoms with Gasteiger partial charge in [0.2, 0.25) is 0 Å². The van der Waals surface area contributed by atoms with Gasteiger partial charge in [-0.2, -0.15) is 0 Å². The Labute approximate surface area is 159 Å². The first-order chi connectivity index (χ1) is 13.6. The third-order valence-electron chi connectivity index (χ3n) is 4.30. The van der Waals surface area contributed by atoms with E-state index >= 15 is 0 Å². The maximum absolute atomic E-state index is 12.4. The first kappa shape index (κ1) is 17.4. The monoisotopic (exact) mass is 373 g/mol. The van der Waals surface area contributed by atoms with Gasteiger partial charge in [-0.1, -0.05) is 24.3 Å². The minimum atomic E-state index is -0.443. The van der Waals surface area contributed by atoms with Crippen LogP contribution in [-0.4, -0.2) is 14.9 Å². The van der Waals surface area contributed by atoms with E-state index < -0.39 is 4.92 Å². The number of non-ortho nitro benzene ring substituents is 1. The second-order valence-electron chi connectivity index (χ2n) is 6.14. The molecule has 1 heterocycles. The molecule has 0 saturated carbocycles. The van der Waals surface area contributed by atoms with Gasteiger partial charge in [-0.15, -0.1) is 0 Å². The third kappa shape index (κ3) is 3.45. The van der Waals surface area contributed by atoms with E-state index in [4.69, 9.17) is 4.74 Å². The van der Waals surface area contributed by atoms with E-state index in [1.54, 1.807) is 36.4 Å². The number of hydrogen-bond acceptors (Lipinski definition) is 5. The minimum Gasteiger partial charge on any atom is -0.488 e. The fourth-order valence-corrected chi connectivity index (χ4v) is 2.88. The number of aromatic nitrogens is 2. The molecular weight excluding hydrogens is 358 g/mol. The number of nitro benzene ring substituents is 1. The molecule has 3 aromatic carbocycles. The maximum Gasteiger partial charge on any atom is 0.269 e. The summed E-state index contributed by atoms with van der Waals surface area (Å²) >= 11 is 0. The molecule has 0 fully saturated rings. The number of fused-ring (bicyclic) bond motifs is 1. The Morgan fingerprint density at radius 2 is 1.68 bits per heavy atom. The van der Waals surface area contributed by atoms with Crippen LogP contribution in [0.3, 0.4) is 0 Å². The molecular formula is C21H15N3O4. The summed E-state index contributed by atoms with van der Waals surface area (Å²) in [4.78, 5) is 30.0. The van der Waals surface area contributed by atoms with Crippen LogP contribution < -0.4 is 10.3 Å². The van der Waals surface area contributed by atoms with E-state index in [9.17, 15) is 14.9 Å². The second kappa shape index (κ2) is 7.32. The summed E-state index contributed by atoms with van der Waals surface area (Å²) in [5.41, 5.74) is 1.87. The summed E-state index contributed by atoms with van der Waals surface area (Å²) in [7, 11) is 0. The number of nitrogens with zero attached hydrogens (tertiary/aromatic N) is 2. The fraction of sp³-hybridized carbons (Fsp3) is 0.0476. The Balaban J connectivity index is 1.64. The molecule has 0 bridgehead atoms. The summed E-state index contributed by atoms with van der Waals surface area (Å²) in [6.45, 7) is 0.229. The lowest BCUT2D eigenvalue weighted by atomic mass is 10.1. The van der Waals surface area contributed by atoms with Crippen LogP contribution in [0.4, 0.5) is 5.69 Å². The van der Waals surface area contributed by atoms with Gasteiger partial charge in [0.1, 0.15) is 18.2 Å². The smallest absolute Gasteiger partial charge is 0.269 e. The zero-order valence-electron chi connectivity index (χ0n) is 14.7. The van der Waals surface area contributed by atoms with Crippen LogP contribution in [0.1, 0.15) is 5.56 Å². The Kier molecular flexibility index (Phi) is 4.55. The molecule has 0 aliphatic carbocycles. The van der Waals surface area contributed by atoms with Crippen LogP contribution in [0, 0.1) is 10.1 Å². The summed E-state index contributed by atoms with van der Waals surface area (Å²) in [6, 6.07) is 20.6. The Morgan fingerprint density at radius 3 is 2.46 bits per heavy atom. The predicted molar refractivity (Wildman–Crippen MR) is 105 cm³/mol. The highest BCUT2D eigenvalue weighted by Gasteiger charge is 2.11. The van der Waals surface area contributed by atoms with Gasteiger partial charge < -0.3 is 9.72 Å². The summed E-state index contributed by atoms with van der Waals surface area (Å²) in [6.07, 6.45) is 0. The Bertz CT molecular complexity index is 1220. The summed E-state index contributed by atoms with van der Waals surface area (Å²) in [5, 5.41) is 11.3. The Hall–Kier alpha value is -4.00. The van der Waals surface area contributed by atoms with Crippen molar-refractivity contribution in [3.05, 3.63) is 98.8 Å². The van der Waals surface area contributed by atoms with Crippen molar-refractivity contribution in [3.63, 3.8) is 0 Å². The van der Waals surface area contributed by atoms with E-state index in [0.717, 1.165) is 5.56 Å². The number of nitro groups is 1. The number of nitrogens with one attached hydrogen (secondary N) is 1. The number of rotatable bonds is 5. The van der Waals surface area contributed by atoms with Crippen molar-refractivity contribution >= 4 is 16.6 Å². The van der Waals surface area contributed by atoms with Crippen molar-refractivity contribution in [2.45, 2.75) is 6.61 Å². The van der Waals surface area contributed by atoms with Gasteiger partial charge in [0.25, 0.3) is 11.2 Å². The number of aromatic amines is 1. The zero-order valence-corrected chi connectivity index (χ0v) is 14.7. The van der Waals surface area contributed by atoms with Gasteiger partial charge in [-0.25, -0.2) is 4.98 Å². The van der Waals surface area contributed by atoms with Gasteiger partial charge in [0.15, 0.2) is 0 Å². The van der Waals surface area contributed by atoms with Crippen LogP contribution >= 0.6 is 0 Å². The number of benzene rings is 3. The van der Waals surface area contributed by atoms with E-state index in [-0.39, 0.29) is 17.9 Å². The lowest BCUT2D eigenvalue weighted by Crippen LogP contribution is -2.10. The standard InChI is InChI=1S/C21H15N3O4/c25-21-16-5-1-3-7-18(16)22-20(23-21)17-6-2-4-8-19(17)28-13-14-9-11-15(12-10-14)24(26)27/h1-12H,13H2,(H,22,23,25). The molecule has 0 radical (unpaired) electrons. The van der Waals surface area contributed by atoms with E-state index in [1.165, 1.54) is 12.1 Å². The first-order valence-electron chi connectivity index (χ1n) is 8.56. The van der Waals surface area contributed by atoms with Crippen molar-refractivity contribution < 1.29 is 9.66 Å². The molecule has 1 aromatic heterocycles. The van der Waals surface area contributed by atoms with E-state index in [0.29, 0.717) is 28.0 Å². The molecule has 0 atom stereocenters. The first-order valence-corrected chi connectivity index (χ1v) is 8.56. The quantitative estimate of drug-likeness (QED) is 0.420. The topological polar surface area (TPSA) is 98.1 Å². The SMILES string of the molecule is O=c1[nH]c(-c2ccccc2OCc2ccc([N+](=O)[O-])cc2)nc2ccccc12. The average Bonchev–Trinajstić information content (AvgIpc) is 2.73. The van der Waals surface area contributed by atoms with Gasteiger partial charge in [-0.05, 0) is 42.0 Å². The average molecular weight is 373 g/mol.